The van der Waals surface area contributed by atoms with E-state index in [2.05, 4.69) is 0 Å². The number of carbonyl (C=O) groups excluding carboxylic acids is 1. The number of thiocarbonyl (C=S) groups is 1. The van der Waals surface area contributed by atoms with Crippen LogP contribution in [-0.4, -0.2) is 57.0 Å². The van der Waals surface area contributed by atoms with Gasteiger partial charge in [0, 0.05) is 19.3 Å². The zero-order valence-electron chi connectivity index (χ0n) is 9.00. The van der Waals surface area contributed by atoms with Crippen molar-refractivity contribution in [2.24, 2.45) is 0 Å². The van der Waals surface area contributed by atoms with Crippen molar-refractivity contribution < 1.29 is 14.7 Å². The number of hydrogen-bond acceptors (Lipinski definition) is 6. The van der Waals surface area contributed by atoms with Crippen LogP contribution in [0, 0.1) is 0 Å². The van der Waals surface area contributed by atoms with Crippen molar-refractivity contribution in [3.8, 4) is 0 Å². The molecule has 2 aliphatic heterocycles. The number of thioether (sulfide) groups is 2. The van der Waals surface area contributed by atoms with Gasteiger partial charge in [0.2, 0.25) is 0 Å². The smallest absolute Gasteiger partial charge is 0.323 e. The second kappa shape index (κ2) is 4.87. The molecular formula is C9H10N2O3S3. The van der Waals surface area contributed by atoms with Crippen LogP contribution in [0.4, 0.5) is 0 Å². The van der Waals surface area contributed by atoms with E-state index in [1.807, 2.05) is 11.9 Å². The van der Waals surface area contributed by atoms with Crippen LogP contribution in [0.5, 0.6) is 0 Å². The fraction of sp³-hybridized carbons (Fsp3) is 0.444. The molecule has 5 nitrogen and oxygen atoms in total. The molecule has 0 aromatic rings. The fourth-order valence-electron chi connectivity index (χ4n) is 1.53. The van der Waals surface area contributed by atoms with E-state index in [-0.39, 0.29) is 12.5 Å². The minimum Gasteiger partial charge on any atom is -0.480 e. The van der Waals surface area contributed by atoms with Gasteiger partial charge in [0.25, 0.3) is 5.91 Å². The predicted molar refractivity (Wildman–Crippen MR) is 71.7 cm³/mol. The largest absolute Gasteiger partial charge is 0.480 e. The molecule has 0 spiro atoms. The average molecular weight is 290 g/mol. The summed E-state index contributed by atoms with van der Waals surface area (Å²) in [4.78, 5) is 26.4. The molecule has 1 N–H and O–H groups in total. The van der Waals surface area contributed by atoms with E-state index in [1.165, 1.54) is 11.8 Å². The Bertz CT molecular complexity index is 435. The van der Waals surface area contributed by atoms with Crippen molar-refractivity contribution in [1.82, 2.24) is 9.80 Å². The third kappa shape index (κ3) is 2.43. The van der Waals surface area contributed by atoms with E-state index in [0.717, 1.165) is 22.2 Å². The molecule has 0 aromatic heterocycles. The van der Waals surface area contributed by atoms with E-state index in [4.69, 9.17) is 17.3 Å². The van der Waals surface area contributed by atoms with Gasteiger partial charge in [-0.05, 0) is 0 Å². The molecule has 2 aliphatic rings. The van der Waals surface area contributed by atoms with Crippen LogP contribution in [0.3, 0.4) is 0 Å². The maximum absolute atomic E-state index is 12.0. The summed E-state index contributed by atoms with van der Waals surface area (Å²) in [7, 11) is 1.92. The van der Waals surface area contributed by atoms with Gasteiger partial charge in [-0.1, -0.05) is 24.0 Å². The number of carboxylic acid groups (broad SMARTS) is 1. The van der Waals surface area contributed by atoms with Crippen LogP contribution in [-0.2, 0) is 9.59 Å². The highest BCUT2D eigenvalue weighted by Gasteiger charge is 2.37. The summed E-state index contributed by atoms with van der Waals surface area (Å²) in [5, 5.41) is 9.62. The fourth-order valence-corrected chi connectivity index (χ4v) is 4.19. The Hall–Kier alpha value is -0.730. The highest BCUT2D eigenvalue weighted by atomic mass is 32.2. The summed E-state index contributed by atoms with van der Waals surface area (Å²) < 4.78 is 0.320. The zero-order valence-corrected chi connectivity index (χ0v) is 11.5. The Morgan fingerprint density at radius 1 is 1.59 bits per heavy atom. The van der Waals surface area contributed by atoms with Crippen molar-refractivity contribution in [2.45, 2.75) is 0 Å². The van der Waals surface area contributed by atoms with Gasteiger partial charge in [0.1, 0.15) is 15.8 Å². The quantitative estimate of drug-likeness (QED) is 0.595. The van der Waals surface area contributed by atoms with Crippen LogP contribution < -0.4 is 0 Å². The Morgan fingerprint density at radius 3 is 2.82 bits per heavy atom. The number of rotatable bonds is 2. The molecule has 17 heavy (non-hydrogen) atoms. The summed E-state index contributed by atoms with van der Waals surface area (Å²) in [6.45, 7) is 0.527. The number of amides is 1. The minimum absolute atomic E-state index is 0.293. The molecule has 0 radical (unpaired) electrons. The molecule has 0 saturated carbocycles. The lowest BCUT2D eigenvalue weighted by molar-refractivity contribution is -0.140. The highest BCUT2D eigenvalue weighted by molar-refractivity contribution is 8.27. The third-order valence-corrected chi connectivity index (χ3v) is 5.09. The molecule has 2 rings (SSSR count). The summed E-state index contributed by atoms with van der Waals surface area (Å²) >= 11 is 7.82. The Kier molecular flexibility index (Phi) is 3.64. The number of aliphatic carboxylic acids is 1. The number of carboxylic acids is 1. The standard InChI is InChI=1S/C9H10N2O3S3/c1-10-2-3-16-8(10)6-7(14)11(4-5(12)13)9(15)17-6/h2-4H2,1H3,(H,12,13)/b8-6-. The van der Waals surface area contributed by atoms with Gasteiger partial charge in [-0.25, -0.2) is 0 Å². The first-order valence-electron chi connectivity index (χ1n) is 4.84. The zero-order chi connectivity index (χ0) is 12.6. The number of nitrogens with zero attached hydrogens (tertiary/aromatic N) is 2. The molecular weight excluding hydrogens is 280 g/mol. The molecule has 0 unspecified atom stereocenters. The molecule has 92 valence electrons. The van der Waals surface area contributed by atoms with Crippen molar-refractivity contribution in [2.75, 3.05) is 25.9 Å². The molecule has 0 aromatic carbocycles. The summed E-state index contributed by atoms with van der Waals surface area (Å²) in [5.41, 5.74) is 0. The maximum atomic E-state index is 12.0. The van der Waals surface area contributed by atoms with Crippen LogP contribution in [0.25, 0.3) is 0 Å². The Labute approximate surface area is 112 Å². The van der Waals surface area contributed by atoms with Crippen molar-refractivity contribution in [3.63, 3.8) is 0 Å². The number of hydrogen-bond donors (Lipinski definition) is 1. The second-order valence-corrected chi connectivity index (χ2v) is 6.29. The van der Waals surface area contributed by atoms with Crippen LogP contribution >= 0.6 is 35.7 Å². The lowest BCUT2D eigenvalue weighted by Crippen LogP contribution is -2.33. The van der Waals surface area contributed by atoms with E-state index in [9.17, 15) is 9.59 Å². The number of carbonyl (C=O) groups is 2. The normalized spacial score (nSPS) is 25.0. The lowest BCUT2D eigenvalue weighted by Gasteiger charge is -2.13. The lowest BCUT2D eigenvalue weighted by atomic mass is 10.4. The highest BCUT2D eigenvalue weighted by Crippen LogP contribution is 2.40. The van der Waals surface area contributed by atoms with E-state index in [1.54, 1.807) is 11.8 Å². The summed E-state index contributed by atoms with van der Waals surface area (Å²) in [5.74, 6) is -0.409. The van der Waals surface area contributed by atoms with E-state index >= 15 is 0 Å². The minimum atomic E-state index is -1.06. The molecule has 2 fully saturated rings. The molecule has 0 bridgehead atoms. The monoisotopic (exact) mass is 290 g/mol. The van der Waals surface area contributed by atoms with Gasteiger partial charge in [-0.3, -0.25) is 14.5 Å². The van der Waals surface area contributed by atoms with Crippen LogP contribution in [0.15, 0.2) is 9.93 Å². The van der Waals surface area contributed by atoms with Gasteiger partial charge < -0.3 is 10.0 Å². The first-order valence-corrected chi connectivity index (χ1v) is 7.05. The molecule has 2 saturated heterocycles. The third-order valence-electron chi connectivity index (χ3n) is 2.35. The topological polar surface area (TPSA) is 60.9 Å². The average Bonchev–Trinajstić information content (AvgIpc) is 2.76. The van der Waals surface area contributed by atoms with Gasteiger partial charge in [-0.15, -0.1) is 11.8 Å². The Balaban J connectivity index is 2.26. The maximum Gasteiger partial charge on any atom is 0.323 e. The molecule has 2 heterocycles. The molecule has 0 atom stereocenters. The van der Waals surface area contributed by atoms with Crippen LogP contribution in [0.1, 0.15) is 0 Å². The first kappa shape index (κ1) is 12.7. The first-order chi connectivity index (χ1) is 8.00. The Morgan fingerprint density at radius 2 is 2.29 bits per heavy atom. The van der Waals surface area contributed by atoms with Gasteiger partial charge in [0.15, 0.2) is 0 Å². The summed E-state index contributed by atoms with van der Waals surface area (Å²) in [6, 6.07) is 0. The predicted octanol–water partition coefficient (Wildman–Crippen LogP) is 0.779. The van der Waals surface area contributed by atoms with Crippen molar-refractivity contribution in [1.29, 1.82) is 0 Å². The van der Waals surface area contributed by atoms with Gasteiger partial charge in [0.05, 0.1) is 5.03 Å². The molecule has 1 amide bonds. The van der Waals surface area contributed by atoms with Crippen molar-refractivity contribution >= 4 is 51.9 Å². The van der Waals surface area contributed by atoms with Gasteiger partial charge >= 0.3 is 5.97 Å². The summed E-state index contributed by atoms with van der Waals surface area (Å²) in [6.07, 6.45) is 0. The SMILES string of the molecule is CN1CCS/C1=C1\SC(=S)N(CC(=O)O)C1=O. The van der Waals surface area contributed by atoms with E-state index < -0.39 is 5.97 Å². The van der Waals surface area contributed by atoms with Crippen LogP contribution in [0.2, 0.25) is 0 Å². The van der Waals surface area contributed by atoms with Gasteiger partial charge in [-0.2, -0.15) is 0 Å². The second-order valence-electron chi connectivity index (χ2n) is 3.56. The van der Waals surface area contributed by atoms with E-state index in [0.29, 0.717) is 9.23 Å². The van der Waals surface area contributed by atoms with Crippen molar-refractivity contribution in [3.05, 3.63) is 9.93 Å². The molecule has 8 heteroatoms. The molecule has 0 aliphatic carbocycles.